The van der Waals surface area contributed by atoms with E-state index in [4.69, 9.17) is 22.1 Å². The van der Waals surface area contributed by atoms with Crippen LogP contribution in [-0.2, 0) is 43.8 Å². The second-order valence-electron chi connectivity index (χ2n) is 30.0. The molecule has 15 heterocycles. The highest BCUT2D eigenvalue weighted by Crippen LogP contribution is 2.27. The third-order valence-corrected chi connectivity index (χ3v) is 21.1. The molecule has 6 fully saturated rings. The predicted octanol–water partition coefficient (Wildman–Crippen LogP) is 5.81. The number of hydrogen-bond acceptors (Lipinski definition) is 28. The number of likely N-dealkylation sites (tertiary alicyclic amines) is 2. The number of nitrogens with zero attached hydrogens (tertiary/aromatic N) is 20. The molecule has 113 heavy (non-hydrogen) atoms. The number of pyridine rings is 6. The second-order valence-corrected chi connectivity index (χ2v) is 32.2. The van der Waals surface area contributed by atoms with Crippen molar-refractivity contribution in [3.8, 4) is 0 Å². The number of rotatable bonds is 19. The van der Waals surface area contributed by atoms with Crippen LogP contribution in [0.4, 0.5) is 51.2 Å². The maximum absolute atomic E-state index is 12.6. The number of hydrogen-bond donors (Lipinski definition) is 4. The number of piperazine rings is 3. The van der Waals surface area contributed by atoms with E-state index in [-0.39, 0.29) is 39.8 Å². The molecule has 6 aliphatic heterocycles. The fourth-order valence-electron chi connectivity index (χ4n) is 13.2. The normalized spacial score (nSPS) is 16.5. The van der Waals surface area contributed by atoms with Crippen molar-refractivity contribution in [1.29, 1.82) is 0 Å². The standard InChI is InChI=1S/C25H30N8O2.C22H28N8O.C18H24N4O5S.C10H16N4.C3H3ClO/c1-3-22(34)32-16-18(17-32)8-9-33-23(35)7-4-19-14-27-25(29-24(19)33)28-20-5-6-21(26-15-20)31-12-10-30(2)11-13-31;1-28-8-10-29(11-9-28)19-4-3-18(15-24-19)26-22-25-14-17-2-5-20(31)30(21(17)27-22)7-6-16-12-23-13-16;1-18(2,3)27-17(24)21-10-12(11-21)7-8-22-14(23)6-5-13-9-19-16(20-15(13)22)28(4,25)26;1-13-4-6-14(7-5-13)10-3-2-9(11)8-12-10;1-2-3(4)5/h3-7,14-15,18H,1,8-13,16-17H2,2H3,(H,27,28,29);2-5,14-16,23H,6-13H2,1H3,(H,25,26,27);5-6,9,12H,7-8,10-11H2,1-4H3;2-3,8H,4-7,11H2,1H3;2H,1H2. The number of carbonyl (C=O) groups is 3. The monoisotopic (exact) mass is 1580 g/mol. The van der Waals surface area contributed by atoms with E-state index in [0.717, 1.165) is 162 Å². The fourth-order valence-corrected chi connectivity index (χ4v) is 13.7. The Morgan fingerprint density at radius 1 is 0.522 bits per heavy atom. The first-order chi connectivity index (χ1) is 54.1. The Morgan fingerprint density at radius 2 is 0.903 bits per heavy atom. The maximum Gasteiger partial charge on any atom is 0.410 e. The number of ether oxygens (including phenoxy) is 1. The minimum Gasteiger partial charge on any atom is -0.444 e. The first kappa shape index (κ1) is 83.0. The molecule has 0 radical (unpaired) electrons. The maximum atomic E-state index is 12.6. The van der Waals surface area contributed by atoms with Gasteiger partial charge in [0.1, 0.15) is 40.0 Å². The lowest BCUT2D eigenvalue weighted by atomic mass is 9.96. The van der Waals surface area contributed by atoms with E-state index in [1.54, 1.807) is 74.1 Å². The first-order valence-corrected chi connectivity index (χ1v) is 40.1. The van der Waals surface area contributed by atoms with Crippen LogP contribution in [-0.4, -0.2) is 260 Å². The second kappa shape index (κ2) is 38.1. The number of aromatic nitrogens is 12. The number of nitrogens with two attached hydrogens (primary N) is 1. The summed E-state index contributed by atoms with van der Waals surface area (Å²) in [6.07, 6.45) is 15.7. The third kappa shape index (κ3) is 23.1. The minimum absolute atomic E-state index is 0.0253. The van der Waals surface area contributed by atoms with Crippen molar-refractivity contribution in [3.63, 3.8) is 0 Å². The number of amides is 2. The number of likely N-dealkylation sites (N-methyl/N-ethyl adjacent to an activating group) is 3. The molecule has 2 amide bonds. The Hall–Kier alpha value is -10.9. The van der Waals surface area contributed by atoms with E-state index < -0.39 is 20.7 Å². The molecule has 15 rings (SSSR count). The summed E-state index contributed by atoms with van der Waals surface area (Å²) < 4.78 is 33.7. The number of anilines is 8. The number of fused-ring (bicyclic) bond motifs is 3. The van der Waals surface area contributed by atoms with Crippen LogP contribution in [0.5, 0.6) is 0 Å². The lowest BCUT2D eigenvalue weighted by molar-refractivity contribution is -0.132. The Labute approximate surface area is 661 Å². The Morgan fingerprint density at radius 3 is 1.25 bits per heavy atom. The van der Waals surface area contributed by atoms with Gasteiger partial charge < -0.3 is 65.6 Å². The van der Waals surface area contributed by atoms with Gasteiger partial charge in [0, 0.05) is 184 Å². The number of allylic oxidation sites excluding steroid dienone is 1. The molecule has 0 aliphatic carbocycles. The molecule has 6 aliphatic rings. The number of sulfone groups is 1. The molecule has 5 N–H and O–H groups in total. The summed E-state index contributed by atoms with van der Waals surface area (Å²) in [6, 6.07) is 21.6. The number of halogens is 1. The van der Waals surface area contributed by atoms with Gasteiger partial charge in [-0.1, -0.05) is 13.2 Å². The third-order valence-electron chi connectivity index (χ3n) is 20.1. The number of nitrogen functional groups attached to an aromatic ring is 1. The molecular formula is C78H101ClN24O9S. The summed E-state index contributed by atoms with van der Waals surface area (Å²) in [7, 11) is 2.85. The highest BCUT2D eigenvalue weighted by atomic mass is 35.5. The SMILES string of the molecule is C=CC(=O)Cl.C=CC(=O)N1CC(CCn2c(=O)ccc3cnc(Nc4ccc(N5CCN(C)CC5)nc4)nc32)C1.CC(C)(C)OC(=O)N1CC(CCn2c(=O)ccc3cnc(S(C)(=O)=O)nc32)C1.CN1CCN(c2ccc(N)cn2)CC1.CN1CCN(c2ccc(Nc3ncc4ccc(=O)n(CCC5CNC5)c4n3)cn2)CC1. The molecule has 0 spiro atoms. The summed E-state index contributed by atoms with van der Waals surface area (Å²) in [5, 5.41) is 11.2. The van der Waals surface area contributed by atoms with E-state index in [0.29, 0.717) is 98.3 Å². The zero-order valence-electron chi connectivity index (χ0n) is 65.1. The highest BCUT2D eigenvalue weighted by Gasteiger charge is 2.34. The van der Waals surface area contributed by atoms with Gasteiger partial charge in [0.05, 0.1) is 35.7 Å². The zero-order chi connectivity index (χ0) is 80.5. The zero-order valence-corrected chi connectivity index (χ0v) is 66.7. The molecule has 9 aromatic heterocycles. The molecule has 0 atom stereocenters. The molecule has 6 saturated heterocycles. The van der Waals surface area contributed by atoms with Crippen molar-refractivity contribution in [2.24, 2.45) is 17.8 Å². The van der Waals surface area contributed by atoms with E-state index in [1.165, 1.54) is 22.9 Å². The summed E-state index contributed by atoms with van der Waals surface area (Å²) in [4.78, 5) is 127. The summed E-state index contributed by atoms with van der Waals surface area (Å²) in [5.74, 6) is 5.05. The molecule has 0 bridgehead atoms. The summed E-state index contributed by atoms with van der Waals surface area (Å²) >= 11 is 4.71. The van der Waals surface area contributed by atoms with E-state index >= 15 is 0 Å². The lowest BCUT2D eigenvalue weighted by Crippen LogP contribution is -2.51. The van der Waals surface area contributed by atoms with E-state index in [9.17, 15) is 37.2 Å². The fraction of sp³-hybridized carbons (Fsp3) is 0.449. The largest absolute Gasteiger partial charge is 0.444 e. The van der Waals surface area contributed by atoms with Crippen LogP contribution in [0.25, 0.3) is 33.1 Å². The van der Waals surface area contributed by atoms with Gasteiger partial charge in [0.25, 0.3) is 16.7 Å². The van der Waals surface area contributed by atoms with Gasteiger partial charge in [0.15, 0.2) is 0 Å². The van der Waals surface area contributed by atoms with Gasteiger partial charge in [-0.25, -0.2) is 43.1 Å². The van der Waals surface area contributed by atoms with Crippen molar-refractivity contribution in [2.75, 3.05) is 176 Å². The number of aryl methyl sites for hydroxylation is 3. The van der Waals surface area contributed by atoms with Crippen molar-refractivity contribution in [1.82, 2.24) is 88.4 Å². The van der Waals surface area contributed by atoms with Gasteiger partial charge in [-0.3, -0.25) is 37.7 Å². The van der Waals surface area contributed by atoms with E-state index in [1.807, 2.05) is 63.4 Å². The predicted molar refractivity (Wildman–Crippen MR) is 440 cm³/mol. The molecule has 0 saturated carbocycles. The van der Waals surface area contributed by atoms with E-state index in [2.05, 4.69) is 125 Å². The Bertz CT molecular complexity index is 5090. The quantitative estimate of drug-likeness (QED) is 0.0421. The van der Waals surface area contributed by atoms with Gasteiger partial charge in [-0.05, 0) is 170 Å². The van der Waals surface area contributed by atoms with Crippen molar-refractivity contribution >= 4 is 118 Å². The molecule has 0 aromatic carbocycles. The van der Waals surface area contributed by atoms with Gasteiger partial charge in [0.2, 0.25) is 38.0 Å². The topological polar surface area (TPSA) is 365 Å². The average Bonchev–Trinajstić information content (AvgIpc) is 0.833. The van der Waals surface area contributed by atoms with Crippen LogP contribution >= 0.6 is 11.6 Å². The minimum atomic E-state index is -3.58. The smallest absolute Gasteiger partial charge is 0.410 e. The molecule has 9 aromatic rings. The first-order valence-electron chi connectivity index (χ1n) is 37.8. The molecule has 35 heteroatoms. The van der Waals surface area contributed by atoms with Crippen LogP contribution in [0.15, 0.2) is 155 Å². The van der Waals surface area contributed by atoms with Crippen LogP contribution in [0.3, 0.4) is 0 Å². The number of carbonyl (C=O) groups excluding carboxylic acids is 3. The van der Waals surface area contributed by atoms with Crippen molar-refractivity contribution in [3.05, 3.63) is 166 Å². The van der Waals surface area contributed by atoms with Crippen LogP contribution in [0.1, 0.15) is 40.0 Å². The van der Waals surface area contributed by atoms with Gasteiger partial charge in [-0.2, -0.15) is 15.0 Å². The number of nitrogens with one attached hydrogen (secondary N) is 3. The molecule has 0 unspecified atom stereocenters. The van der Waals surface area contributed by atoms with Crippen molar-refractivity contribution in [2.45, 2.75) is 70.4 Å². The van der Waals surface area contributed by atoms with Gasteiger partial charge >= 0.3 is 6.09 Å². The van der Waals surface area contributed by atoms with Crippen LogP contribution in [0, 0.1) is 17.8 Å². The Balaban J connectivity index is 0.000000151. The Kier molecular flexibility index (Phi) is 28.0. The van der Waals surface area contributed by atoms with Crippen LogP contribution in [0.2, 0.25) is 0 Å². The van der Waals surface area contributed by atoms with Gasteiger partial charge in [-0.15, -0.1) is 0 Å². The molecule has 600 valence electrons. The van der Waals surface area contributed by atoms with Crippen LogP contribution < -0.4 is 53.1 Å². The lowest BCUT2D eigenvalue weighted by Gasteiger charge is -2.39. The average molecular weight is 1590 g/mol. The molecular weight excluding hydrogens is 1480 g/mol. The highest BCUT2D eigenvalue weighted by molar-refractivity contribution is 7.90. The summed E-state index contributed by atoms with van der Waals surface area (Å²) in [5.41, 5.74) is 8.57. The molecule has 33 nitrogen and oxygen atoms in total. The van der Waals surface area contributed by atoms with Crippen molar-refractivity contribution < 1.29 is 27.5 Å². The summed E-state index contributed by atoms with van der Waals surface area (Å²) in [6.45, 7) is 30.6.